The Morgan fingerprint density at radius 2 is 1.95 bits per heavy atom. The number of carbonyl (C=O) groups excluding carboxylic acids is 1. The van der Waals surface area contributed by atoms with Gasteiger partial charge in [-0.1, -0.05) is 12.1 Å². The second-order valence-corrected chi connectivity index (χ2v) is 5.31. The van der Waals surface area contributed by atoms with E-state index in [1.165, 1.54) is 0 Å². The smallest absolute Gasteiger partial charge is 0.412 e. The maximum absolute atomic E-state index is 11.6. The molecule has 0 aromatic heterocycles. The van der Waals surface area contributed by atoms with E-state index < -0.39 is 23.6 Å². The van der Waals surface area contributed by atoms with Crippen LogP contribution in [0.5, 0.6) is 0 Å². The minimum absolute atomic E-state index is 0.514. The molecule has 0 saturated carbocycles. The Bertz CT molecular complexity index is 477. The third kappa shape index (κ3) is 4.99. The molecule has 1 amide bonds. The Kier molecular flexibility index (Phi) is 4.53. The molecule has 5 nitrogen and oxygen atoms in total. The van der Waals surface area contributed by atoms with E-state index in [0.29, 0.717) is 11.3 Å². The molecule has 0 aliphatic heterocycles. The van der Waals surface area contributed by atoms with Crippen molar-refractivity contribution in [1.82, 2.24) is 0 Å². The predicted octanol–water partition coefficient (Wildman–Crippen LogP) is 3.22. The fourth-order valence-electron chi connectivity index (χ4n) is 1.45. The van der Waals surface area contributed by atoms with Crippen LogP contribution < -0.4 is 5.32 Å². The van der Waals surface area contributed by atoms with E-state index >= 15 is 0 Å². The minimum atomic E-state index is -0.908. The summed E-state index contributed by atoms with van der Waals surface area (Å²) in [5.41, 5.74) is 0.566. The predicted molar refractivity (Wildman–Crippen MR) is 72.3 cm³/mol. The summed E-state index contributed by atoms with van der Waals surface area (Å²) in [6.45, 7) is 6.91. The molecule has 0 bridgehead atoms. The molecule has 1 aromatic carbocycles. The van der Waals surface area contributed by atoms with Crippen molar-refractivity contribution in [2.75, 3.05) is 5.32 Å². The number of hydrogen-bond donors (Lipinski definition) is 2. The second-order valence-electron chi connectivity index (χ2n) is 5.31. The van der Waals surface area contributed by atoms with Crippen molar-refractivity contribution in [2.45, 2.75) is 39.2 Å². The summed E-state index contributed by atoms with van der Waals surface area (Å²) in [5.74, 6) is -1.53. The lowest BCUT2D eigenvalue weighted by molar-refractivity contribution is -0.138. The number of anilines is 1. The zero-order chi connectivity index (χ0) is 14.6. The fraction of sp³-hybridized carbons (Fsp3) is 0.429. The van der Waals surface area contributed by atoms with Crippen LogP contribution >= 0.6 is 0 Å². The van der Waals surface area contributed by atoms with E-state index in [1.54, 1.807) is 52.0 Å². The highest BCUT2D eigenvalue weighted by molar-refractivity contribution is 5.85. The van der Waals surface area contributed by atoms with Crippen molar-refractivity contribution in [3.8, 4) is 0 Å². The molecule has 0 spiro atoms. The molecular formula is C14H19NO4. The number of amides is 1. The lowest BCUT2D eigenvalue weighted by Gasteiger charge is -2.20. The van der Waals surface area contributed by atoms with Gasteiger partial charge in [0.25, 0.3) is 0 Å². The Morgan fingerprint density at radius 3 is 2.47 bits per heavy atom. The SMILES string of the molecule is CC(C(=O)O)c1cccc(NC(=O)OC(C)(C)C)c1. The highest BCUT2D eigenvalue weighted by Gasteiger charge is 2.17. The van der Waals surface area contributed by atoms with Crippen LogP contribution in [0.3, 0.4) is 0 Å². The zero-order valence-electron chi connectivity index (χ0n) is 11.6. The van der Waals surface area contributed by atoms with Gasteiger partial charge >= 0.3 is 12.1 Å². The third-order valence-electron chi connectivity index (χ3n) is 2.40. The van der Waals surface area contributed by atoms with E-state index in [0.717, 1.165) is 0 Å². The zero-order valence-corrected chi connectivity index (χ0v) is 11.6. The topological polar surface area (TPSA) is 75.6 Å². The highest BCUT2D eigenvalue weighted by atomic mass is 16.6. The second kappa shape index (κ2) is 5.73. The van der Waals surface area contributed by atoms with Gasteiger partial charge in [-0.05, 0) is 45.4 Å². The molecule has 0 fully saturated rings. The Labute approximate surface area is 112 Å². The molecule has 1 atom stereocenters. The minimum Gasteiger partial charge on any atom is -0.481 e. The van der Waals surface area contributed by atoms with E-state index in [9.17, 15) is 9.59 Å². The Hall–Kier alpha value is -2.04. The molecule has 0 aliphatic rings. The van der Waals surface area contributed by atoms with Gasteiger partial charge in [0.2, 0.25) is 0 Å². The summed E-state index contributed by atoms with van der Waals surface area (Å²) in [6.07, 6.45) is -0.562. The van der Waals surface area contributed by atoms with Crippen molar-refractivity contribution in [3.05, 3.63) is 29.8 Å². The van der Waals surface area contributed by atoms with Gasteiger partial charge in [-0.3, -0.25) is 10.1 Å². The van der Waals surface area contributed by atoms with Crippen LogP contribution in [-0.2, 0) is 9.53 Å². The molecule has 0 aliphatic carbocycles. The van der Waals surface area contributed by atoms with E-state index in [4.69, 9.17) is 9.84 Å². The van der Waals surface area contributed by atoms with E-state index in [1.807, 2.05) is 0 Å². The molecule has 1 unspecified atom stereocenters. The molecule has 0 heterocycles. The number of aliphatic carboxylic acids is 1. The summed E-state index contributed by atoms with van der Waals surface area (Å²) in [6, 6.07) is 6.71. The van der Waals surface area contributed by atoms with Crippen LogP contribution in [-0.4, -0.2) is 22.8 Å². The van der Waals surface area contributed by atoms with E-state index in [2.05, 4.69) is 5.32 Å². The number of rotatable bonds is 3. The van der Waals surface area contributed by atoms with Crippen LogP contribution in [0.4, 0.5) is 10.5 Å². The average Bonchev–Trinajstić information content (AvgIpc) is 2.25. The van der Waals surface area contributed by atoms with Crippen LogP contribution in [0.25, 0.3) is 0 Å². The van der Waals surface area contributed by atoms with E-state index in [-0.39, 0.29) is 0 Å². The van der Waals surface area contributed by atoms with Gasteiger partial charge in [-0.2, -0.15) is 0 Å². The van der Waals surface area contributed by atoms with Crippen LogP contribution in [0, 0.1) is 0 Å². The number of hydrogen-bond acceptors (Lipinski definition) is 3. The monoisotopic (exact) mass is 265 g/mol. The Balaban J connectivity index is 2.78. The van der Waals surface area contributed by atoms with Crippen molar-refractivity contribution < 1.29 is 19.4 Å². The summed E-state index contributed by atoms with van der Waals surface area (Å²) in [5, 5.41) is 11.5. The largest absolute Gasteiger partial charge is 0.481 e. The maximum Gasteiger partial charge on any atom is 0.412 e. The molecule has 5 heteroatoms. The van der Waals surface area contributed by atoms with Gasteiger partial charge in [0, 0.05) is 5.69 Å². The number of benzene rings is 1. The fourth-order valence-corrected chi connectivity index (χ4v) is 1.45. The number of nitrogens with one attached hydrogen (secondary N) is 1. The van der Waals surface area contributed by atoms with Gasteiger partial charge in [0.15, 0.2) is 0 Å². The number of carboxylic acids is 1. The first-order valence-electron chi connectivity index (χ1n) is 6.02. The van der Waals surface area contributed by atoms with Crippen molar-refractivity contribution >= 4 is 17.7 Å². The van der Waals surface area contributed by atoms with Gasteiger partial charge in [-0.25, -0.2) is 4.79 Å². The average molecular weight is 265 g/mol. The van der Waals surface area contributed by atoms with Crippen LogP contribution in [0.2, 0.25) is 0 Å². The first-order valence-corrected chi connectivity index (χ1v) is 6.02. The summed E-state index contributed by atoms with van der Waals surface area (Å²) in [4.78, 5) is 22.5. The van der Waals surface area contributed by atoms with Crippen molar-refractivity contribution in [3.63, 3.8) is 0 Å². The van der Waals surface area contributed by atoms with Gasteiger partial charge in [0.1, 0.15) is 5.60 Å². The normalized spacial score (nSPS) is 12.6. The van der Waals surface area contributed by atoms with Crippen LogP contribution in [0.15, 0.2) is 24.3 Å². The van der Waals surface area contributed by atoms with Crippen LogP contribution in [0.1, 0.15) is 39.2 Å². The van der Waals surface area contributed by atoms with Gasteiger partial charge in [-0.15, -0.1) is 0 Å². The first-order chi connectivity index (χ1) is 8.69. The highest BCUT2D eigenvalue weighted by Crippen LogP contribution is 2.20. The number of carbonyl (C=O) groups is 2. The van der Waals surface area contributed by atoms with Crippen molar-refractivity contribution in [2.24, 2.45) is 0 Å². The standard InChI is InChI=1S/C14H19NO4/c1-9(12(16)17)10-6-5-7-11(8-10)15-13(18)19-14(2,3)4/h5-9H,1-4H3,(H,15,18)(H,16,17). The van der Waals surface area contributed by atoms with Crippen molar-refractivity contribution in [1.29, 1.82) is 0 Å². The Morgan fingerprint density at radius 1 is 1.32 bits per heavy atom. The molecule has 19 heavy (non-hydrogen) atoms. The molecular weight excluding hydrogens is 246 g/mol. The van der Waals surface area contributed by atoms with Gasteiger partial charge < -0.3 is 9.84 Å². The number of ether oxygens (including phenoxy) is 1. The molecule has 2 N–H and O–H groups in total. The molecule has 1 aromatic rings. The summed E-state index contributed by atoms with van der Waals surface area (Å²) < 4.78 is 5.12. The summed E-state index contributed by atoms with van der Waals surface area (Å²) >= 11 is 0. The first kappa shape index (κ1) is 15.0. The molecule has 1 rings (SSSR count). The summed E-state index contributed by atoms with van der Waals surface area (Å²) in [7, 11) is 0. The lowest BCUT2D eigenvalue weighted by Crippen LogP contribution is -2.27. The third-order valence-corrected chi connectivity index (χ3v) is 2.40. The maximum atomic E-state index is 11.6. The molecule has 0 saturated heterocycles. The quantitative estimate of drug-likeness (QED) is 0.879. The molecule has 104 valence electrons. The molecule has 0 radical (unpaired) electrons. The lowest BCUT2D eigenvalue weighted by atomic mass is 10.0. The van der Waals surface area contributed by atoms with Gasteiger partial charge in [0.05, 0.1) is 5.92 Å². The number of carboxylic acid groups (broad SMARTS) is 1.